The zero-order valence-electron chi connectivity index (χ0n) is 16.3. The van der Waals surface area contributed by atoms with E-state index in [1.165, 1.54) is 29.2 Å². The van der Waals surface area contributed by atoms with Gasteiger partial charge in [0.05, 0.1) is 4.90 Å². The van der Waals surface area contributed by atoms with Crippen molar-refractivity contribution in [2.45, 2.75) is 17.9 Å². The molecule has 0 saturated carbocycles. The monoisotopic (exact) mass is 480 g/mol. The van der Waals surface area contributed by atoms with Crippen molar-refractivity contribution >= 4 is 15.9 Å². The third kappa shape index (κ3) is 5.85. The number of carbonyl (C=O) groups is 1. The summed E-state index contributed by atoms with van der Waals surface area (Å²) in [5.41, 5.74) is 0.111. The van der Waals surface area contributed by atoms with E-state index in [9.17, 15) is 35.2 Å². The number of rotatable bonds is 6. The minimum Gasteiger partial charge on any atom is -0.435 e. The zero-order chi connectivity index (χ0) is 23.5. The molecule has 0 aliphatic carbocycles. The Bertz CT molecular complexity index is 1050. The number of hydrogen-bond donors (Lipinski definition) is 0. The van der Waals surface area contributed by atoms with Crippen LogP contribution in [0.4, 0.5) is 22.0 Å². The van der Waals surface area contributed by atoms with E-state index >= 15 is 0 Å². The van der Waals surface area contributed by atoms with Gasteiger partial charge in [0, 0.05) is 31.7 Å². The molecule has 1 saturated heterocycles. The summed E-state index contributed by atoms with van der Waals surface area (Å²) in [5.74, 6) is -1.20. The zero-order valence-corrected chi connectivity index (χ0v) is 17.1. The fourth-order valence-corrected chi connectivity index (χ4v) is 4.50. The maximum Gasteiger partial charge on any atom is 0.573 e. The maximum atomic E-state index is 12.7. The highest BCUT2D eigenvalue weighted by Crippen LogP contribution is 2.26. The summed E-state index contributed by atoms with van der Waals surface area (Å²) in [5, 5.41) is 0. The van der Waals surface area contributed by atoms with Crippen molar-refractivity contribution in [2.24, 2.45) is 0 Å². The lowest BCUT2D eigenvalue weighted by molar-refractivity contribution is -0.274. The molecule has 1 aliphatic heterocycles. The van der Waals surface area contributed by atoms with Gasteiger partial charge in [-0.3, -0.25) is 4.79 Å². The summed E-state index contributed by atoms with van der Waals surface area (Å²) in [7, 11) is -4.00. The molecule has 1 heterocycles. The first-order chi connectivity index (χ1) is 15.0. The number of benzene rings is 2. The Morgan fingerprint density at radius 1 is 0.938 bits per heavy atom. The summed E-state index contributed by atoms with van der Waals surface area (Å²) in [6, 6.07) is 9.06. The highest BCUT2D eigenvalue weighted by Gasteiger charge is 2.33. The average Bonchev–Trinajstić information content (AvgIpc) is 2.72. The minimum absolute atomic E-state index is 0.0350. The summed E-state index contributed by atoms with van der Waals surface area (Å²) >= 11 is 0. The van der Waals surface area contributed by atoms with E-state index < -0.39 is 34.7 Å². The maximum absolute atomic E-state index is 12.7. The molecule has 0 spiro atoms. The molecule has 2 aromatic carbocycles. The molecular formula is C19H17F5N2O5S. The third-order valence-electron chi connectivity index (χ3n) is 4.53. The summed E-state index contributed by atoms with van der Waals surface area (Å²) < 4.78 is 96.1. The molecule has 0 bridgehead atoms. The molecule has 1 fully saturated rings. The lowest BCUT2D eigenvalue weighted by Crippen LogP contribution is -2.50. The second-order valence-corrected chi connectivity index (χ2v) is 8.56. The van der Waals surface area contributed by atoms with Crippen LogP contribution in [-0.4, -0.2) is 62.7 Å². The van der Waals surface area contributed by atoms with Crippen LogP contribution in [0.2, 0.25) is 0 Å². The molecule has 0 atom stereocenters. The van der Waals surface area contributed by atoms with Crippen LogP contribution in [-0.2, 0) is 10.0 Å². The number of alkyl halides is 5. The summed E-state index contributed by atoms with van der Waals surface area (Å²) in [4.78, 5) is 13.8. The molecule has 1 amide bonds. The molecule has 32 heavy (non-hydrogen) atoms. The first-order valence-corrected chi connectivity index (χ1v) is 10.6. The van der Waals surface area contributed by atoms with E-state index in [0.717, 1.165) is 28.6 Å². The van der Waals surface area contributed by atoms with Gasteiger partial charge in [0.15, 0.2) is 0 Å². The second-order valence-electron chi connectivity index (χ2n) is 6.62. The number of ether oxygens (including phenoxy) is 2. The van der Waals surface area contributed by atoms with Crippen LogP contribution < -0.4 is 9.47 Å². The molecule has 174 valence electrons. The van der Waals surface area contributed by atoms with E-state index in [2.05, 4.69) is 9.47 Å². The smallest absolute Gasteiger partial charge is 0.435 e. The van der Waals surface area contributed by atoms with Crippen molar-refractivity contribution < 1.29 is 44.6 Å². The molecule has 0 aromatic heterocycles. The number of halogens is 5. The van der Waals surface area contributed by atoms with Crippen LogP contribution in [0.25, 0.3) is 0 Å². The SMILES string of the molecule is O=C(c1cccc(OC(F)F)c1)N1CCN(S(=O)(=O)c2ccc(OC(F)(F)F)cc2)CC1. The van der Waals surface area contributed by atoms with Gasteiger partial charge in [-0.15, -0.1) is 13.2 Å². The average molecular weight is 480 g/mol. The van der Waals surface area contributed by atoms with Crippen LogP contribution in [0.15, 0.2) is 53.4 Å². The van der Waals surface area contributed by atoms with Gasteiger partial charge in [-0.25, -0.2) is 8.42 Å². The van der Waals surface area contributed by atoms with Crippen molar-refractivity contribution in [1.29, 1.82) is 0 Å². The molecule has 3 rings (SSSR count). The first-order valence-electron chi connectivity index (χ1n) is 9.16. The van der Waals surface area contributed by atoms with Gasteiger partial charge in [0.2, 0.25) is 10.0 Å². The van der Waals surface area contributed by atoms with Crippen LogP contribution >= 0.6 is 0 Å². The molecule has 1 aliphatic rings. The topological polar surface area (TPSA) is 76.2 Å². The van der Waals surface area contributed by atoms with Gasteiger partial charge < -0.3 is 14.4 Å². The third-order valence-corrected chi connectivity index (χ3v) is 6.44. The summed E-state index contributed by atoms with van der Waals surface area (Å²) in [6.07, 6.45) is -4.89. The van der Waals surface area contributed by atoms with Crippen LogP contribution in [0.1, 0.15) is 10.4 Å². The molecule has 0 unspecified atom stereocenters. The molecular weight excluding hydrogens is 463 g/mol. The normalized spacial score (nSPS) is 15.6. The standard InChI is InChI=1S/C19H17F5N2O5S/c20-18(21)30-15-3-1-2-13(12-15)17(27)25-8-10-26(11-9-25)32(28,29)16-6-4-14(5-7-16)31-19(22,23)24/h1-7,12,18H,8-11H2. The van der Waals surface area contributed by atoms with Gasteiger partial charge in [0.1, 0.15) is 11.5 Å². The largest absolute Gasteiger partial charge is 0.573 e. The number of piperazine rings is 1. The highest BCUT2D eigenvalue weighted by molar-refractivity contribution is 7.89. The van der Waals surface area contributed by atoms with Gasteiger partial charge >= 0.3 is 13.0 Å². The van der Waals surface area contributed by atoms with Gasteiger partial charge in [-0.1, -0.05) is 6.07 Å². The van der Waals surface area contributed by atoms with Crippen LogP contribution in [0, 0.1) is 0 Å². The predicted octanol–water partition coefficient (Wildman–Crippen LogP) is 3.33. The second kappa shape index (κ2) is 9.28. The van der Waals surface area contributed by atoms with E-state index in [4.69, 9.17) is 0 Å². The minimum atomic E-state index is -4.89. The lowest BCUT2D eigenvalue weighted by Gasteiger charge is -2.34. The Morgan fingerprint density at radius 2 is 1.56 bits per heavy atom. The molecule has 2 aromatic rings. The molecule has 7 nitrogen and oxygen atoms in total. The quantitative estimate of drug-likeness (QED) is 0.593. The van der Waals surface area contributed by atoms with Crippen LogP contribution in [0.5, 0.6) is 11.5 Å². The van der Waals surface area contributed by atoms with Gasteiger partial charge in [-0.2, -0.15) is 13.1 Å². The molecule has 0 N–H and O–H groups in total. The number of nitrogens with zero attached hydrogens (tertiary/aromatic N) is 2. The Kier molecular flexibility index (Phi) is 6.88. The van der Waals surface area contributed by atoms with E-state index in [1.807, 2.05) is 0 Å². The van der Waals surface area contributed by atoms with Crippen molar-refractivity contribution in [3.63, 3.8) is 0 Å². The predicted molar refractivity (Wildman–Crippen MR) is 101 cm³/mol. The Hall–Kier alpha value is -2.93. The molecule has 0 radical (unpaired) electrons. The van der Waals surface area contributed by atoms with E-state index in [0.29, 0.717) is 0 Å². The highest BCUT2D eigenvalue weighted by atomic mass is 32.2. The fourth-order valence-electron chi connectivity index (χ4n) is 3.08. The lowest BCUT2D eigenvalue weighted by atomic mass is 10.1. The van der Waals surface area contributed by atoms with Gasteiger partial charge in [-0.05, 0) is 42.5 Å². The van der Waals surface area contributed by atoms with Crippen LogP contribution in [0.3, 0.4) is 0 Å². The number of amides is 1. The molecule has 13 heteroatoms. The van der Waals surface area contributed by atoms with E-state index in [-0.39, 0.29) is 42.4 Å². The Balaban J connectivity index is 1.64. The number of carbonyl (C=O) groups excluding carboxylic acids is 1. The Morgan fingerprint density at radius 3 is 2.12 bits per heavy atom. The van der Waals surface area contributed by atoms with Crippen molar-refractivity contribution in [1.82, 2.24) is 9.21 Å². The van der Waals surface area contributed by atoms with Crippen molar-refractivity contribution in [2.75, 3.05) is 26.2 Å². The summed E-state index contributed by atoms with van der Waals surface area (Å²) in [6.45, 7) is -3.08. The first kappa shape index (κ1) is 23.7. The fraction of sp³-hybridized carbons (Fsp3) is 0.316. The van der Waals surface area contributed by atoms with Crippen molar-refractivity contribution in [3.8, 4) is 11.5 Å². The van der Waals surface area contributed by atoms with Gasteiger partial charge in [0.25, 0.3) is 5.91 Å². The number of hydrogen-bond acceptors (Lipinski definition) is 5. The van der Waals surface area contributed by atoms with Crippen molar-refractivity contribution in [3.05, 3.63) is 54.1 Å². The Labute approximate surface area is 180 Å². The number of sulfonamides is 1. The van der Waals surface area contributed by atoms with E-state index in [1.54, 1.807) is 0 Å².